The number of aryl methyl sites for hydroxylation is 1. The van der Waals surface area contributed by atoms with Crippen LogP contribution < -0.4 is 5.32 Å². The molecule has 0 heterocycles. The molecule has 1 atom stereocenters. The molecule has 0 saturated heterocycles. The Kier molecular flexibility index (Phi) is 5.16. The van der Waals surface area contributed by atoms with Crippen molar-refractivity contribution >= 4 is 11.6 Å². The molecule has 0 aliphatic heterocycles. The summed E-state index contributed by atoms with van der Waals surface area (Å²) in [6.07, 6.45) is 0.991. The zero-order valence-electron chi connectivity index (χ0n) is 11.8. The Morgan fingerprint density at radius 3 is 2.50 bits per heavy atom. The minimum absolute atomic E-state index is 0.165. The van der Waals surface area contributed by atoms with Crippen molar-refractivity contribution in [3.63, 3.8) is 0 Å². The van der Waals surface area contributed by atoms with Crippen LogP contribution in [-0.4, -0.2) is 6.54 Å². The molecule has 1 unspecified atom stereocenters. The lowest BCUT2D eigenvalue weighted by Crippen LogP contribution is -2.24. The number of halogens is 2. The summed E-state index contributed by atoms with van der Waals surface area (Å²) in [5.74, 6) is -0.344. The summed E-state index contributed by atoms with van der Waals surface area (Å²) in [5, 5.41) is 3.56. The zero-order valence-corrected chi connectivity index (χ0v) is 12.5. The number of nitrogens with one attached hydrogen (secondary N) is 1. The molecule has 0 spiro atoms. The molecule has 0 aliphatic rings. The van der Waals surface area contributed by atoms with E-state index in [1.807, 2.05) is 31.2 Å². The van der Waals surface area contributed by atoms with Crippen LogP contribution >= 0.6 is 11.6 Å². The zero-order chi connectivity index (χ0) is 14.5. The van der Waals surface area contributed by atoms with Crippen LogP contribution in [0.2, 0.25) is 5.02 Å². The molecule has 1 nitrogen and oxygen atoms in total. The van der Waals surface area contributed by atoms with E-state index in [4.69, 9.17) is 11.6 Å². The maximum absolute atomic E-state index is 14.3. The number of rotatable bonds is 5. The van der Waals surface area contributed by atoms with E-state index in [9.17, 15) is 4.39 Å². The predicted molar refractivity (Wildman–Crippen MR) is 82.7 cm³/mol. The fraction of sp³-hybridized carbons (Fsp3) is 0.294. The van der Waals surface area contributed by atoms with Crippen molar-refractivity contribution < 1.29 is 4.39 Å². The van der Waals surface area contributed by atoms with Crippen molar-refractivity contribution in [1.29, 1.82) is 0 Å². The molecule has 0 amide bonds. The van der Waals surface area contributed by atoms with Crippen molar-refractivity contribution in [2.45, 2.75) is 26.3 Å². The van der Waals surface area contributed by atoms with Crippen LogP contribution in [0.15, 0.2) is 42.5 Å². The van der Waals surface area contributed by atoms with E-state index in [2.05, 4.69) is 12.2 Å². The third kappa shape index (κ3) is 3.38. The molecule has 2 rings (SSSR count). The van der Waals surface area contributed by atoms with Crippen LogP contribution in [0.3, 0.4) is 0 Å². The van der Waals surface area contributed by atoms with Crippen LogP contribution in [0.4, 0.5) is 4.39 Å². The molecule has 2 aromatic carbocycles. The summed E-state index contributed by atoms with van der Waals surface area (Å²) in [4.78, 5) is 0. The van der Waals surface area contributed by atoms with Gasteiger partial charge < -0.3 is 5.32 Å². The Hall–Kier alpha value is -1.38. The molecule has 0 bridgehead atoms. The molecule has 3 heteroatoms. The quantitative estimate of drug-likeness (QED) is 0.828. The van der Waals surface area contributed by atoms with Crippen molar-refractivity contribution in [3.8, 4) is 0 Å². The van der Waals surface area contributed by atoms with Crippen molar-refractivity contribution in [2.24, 2.45) is 0 Å². The number of benzene rings is 2. The number of hydrogen-bond acceptors (Lipinski definition) is 1. The van der Waals surface area contributed by atoms with Gasteiger partial charge in [-0.3, -0.25) is 0 Å². The van der Waals surface area contributed by atoms with Crippen LogP contribution in [0.5, 0.6) is 0 Å². The summed E-state index contributed by atoms with van der Waals surface area (Å²) in [7, 11) is 0. The smallest absolute Gasteiger partial charge is 0.146 e. The van der Waals surface area contributed by atoms with E-state index in [1.54, 1.807) is 18.2 Å². The number of hydrogen-bond donors (Lipinski definition) is 1. The van der Waals surface area contributed by atoms with Gasteiger partial charge in [0.05, 0.1) is 11.1 Å². The Balaban J connectivity index is 2.41. The standard InChI is InChI=1S/C17H19ClFN/c1-3-11-20-17(13-9-7-12(2)8-10-13)14-5-4-6-15(18)16(14)19/h4-10,17,20H,3,11H2,1-2H3. The van der Waals surface area contributed by atoms with Gasteiger partial charge in [-0.1, -0.05) is 60.5 Å². The maximum atomic E-state index is 14.3. The van der Waals surface area contributed by atoms with Gasteiger partial charge in [-0.2, -0.15) is 0 Å². The summed E-state index contributed by atoms with van der Waals surface area (Å²) in [6.45, 7) is 4.95. The Morgan fingerprint density at radius 2 is 1.85 bits per heavy atom. The van der Waals surface area contributed by atoms with Crippen LogP contribution in [0.1, 0.15) is 36.1 Å². The Labute approximate surface area is 124 Å². The largest absolute Gasteiger partial charge is 0.306 e. The minimum atomic E-state index is -0.344. The molecule has 1 N–H and O–H groups in total. The van der Waals surface area contributed by atoms with Gasteiger partial charge in [0, 0.05) is 5.56 Å². The van der Waals surface area contributed by atoms with Crippen LogP contribution in [0, 0.1) is 12.7 Å². The van der Waals surface area contributed by atoms with Crippen molar-refractivity contribution in [3.05, 3.63) is 70.0 Å². The van der Waals surface area contributed by atoms with Crippen molar-refractivity contribution in [2.75, 3.05) is 6.54 Å². The van der Waals surface area contributed by atoms with Crippen LogP contribution in [0.25, 0.3) is 0 Å². The Bertz CT molecular complexity index is 566. The normalized spacial score (nSPS) is 12.4. The second kappa shape index (κ2) is 6.87. The highest BCUT2D eigenvalue weighted by Crippen LogP contribution is 2.28. The van der Waals surface area contributed by atoms with Crippen molar-refractivity contribution in [1.82, 2.24) is 5.32 Å². The predicted octanol–water partition coefficient (Wildman–Crippen LogP) is 4.88. The van der Waals surface area contributed by atoms with Gasteiger partial charge in [0.2, 0.25) is 0 Å². The summed E-state index contributed by atoms with van der Waals surface area (Å²) < 4.78 is 14.3. The molecular formula is C17H19ClFN. The first-order valence-electron chi connectivity index (χ1n) is 6.87. The average Bonchev–Trinajstić information content (AvgIpc) is 2.45. The first-order chi connectivity index (χ1) is 9.63. The molecule has 106 valence electrons. The molecule has 20 heavy (non-hydrogen) atoms. The van der Waals surface area contributed by atoms with Gasteiger partial charge in [-0.15, -0.1) is 0 Å². The maximum Gasteiger partial charge on any atom is 0.146 e. The minimum Gasteiger partial charge on any atom is -0.306 e. The third-order valence-corrected chi connectivity index (χ3v) is 3.59. The monoisotopic (exact) mass is 291 g/mol. The van der Waals surface area contributed by atoms with Gasteiger partial charge in [0.25, 0.3) is 0 Å². The molecule has 0 aromatic heterocycles. The molecule has 2 aromatic rings. The molecule has 0 saturated carbocycles. The van der Waals surface area contributed by atoms with E-state index in [1.165, 1.54) is 5.56 Å². The average molecular weight is 292 g/mol. The molecule has 0 aliphatic carbocycles. The lowest BCUT2D eigenvalue weighted by Gasteiger charge is -2.20. The fourth-order valence-corrected chi connectivity index (χ4v) is 2.38. The van der Waals surface area contributed by atoms with E-state index < -0.39 is 0 Å². The fourth-order valence-electron chi connectivity index (χ4n) is 2.20. The lowest BCUT2D eigenvalue weighted by atomic mass is 9.97. The topological polar surface area (TPSA) is 12.0 Å². The SMILES string of the molecule is CCCNC(c1ccc(C)cc1)c1cccc(Cl)c1F. The molecule has 0 radical (unpaired) electrons. The van der Waals surface area contributed by atoms with E-state index in [-0.39, 0.29) is 16.9 Å². The first-order valence-corrected chi connectivity index (χ1v) is 7.25. The van der Waals surface area contributed by atoms with E-state index in [0.29, 0.717) is 5.56 Å². The van der Waals surface area contributed by atoms with Gasteiger partial charge in [-0.05, 0) is 31.5 Å². The second-order valence-electron chi connectivity index (χ2n) is 4.94. The van der Waals surface area contributed by atoms with Crippen LogP contribution in [-0.2, 0) is 0 Å². The van der Waals surface area contributed by atoms with Gasteiger partial charge in [0.15, 0.2) is 0 Å². The van der Waals surface area contributed by atoms with Gasteiger partial charge >= 0.3 is 0 Å². The first kappa shape index (κ1) is 15.0. The summed E-state index contributed by atoms with van der Waals surface area (Å²) >= 11 is 5.90. The summed E-state index contributed by atoms with van der Waals surface area (Å²) in [5.41, 5.74) is 2.83. The van der Waals surface area contributed by atoms with Gasteiger partial charge in [0.1, 0.15) is 5.82 Å². The molecule has 0 fully saturated rings. The second-order valence-corrected chi connectivity index (χ2v) is 5.35. The van der Waals surface area contributed by atoms with Gasteiger partial charge in [-0.25, -0.2) is 4.39 Å². The highest BCUT2D eigenvalue weighted by molar-refractivity contribution is 6.30. The summed E-state index contributed by atoms with van der Waals surface area (Å²) in [6, 6.07) is 13.1. The highest BCUT2D eigenvalue weighted by Gasteiger charge is 2.18. The third-order valence-electron chi connectivity index (χ3n) is 3.30. The highest BCUT2D eigenvalue weighted by atomic mass is 35.5. The molecular weight excluding hydrogens is 273 g/mol. The Morgan fingerprint density at radius 1 is 1.15 bits per heavy atom. The van der Waals surface area contributed by atoms with E-state index in [0.717, 1.165) is 18.5 Å². The lowest BCUT2D eigenvalue weighted by molar-refractivity contribution is 0.547. The van der Waals surface area contributed by atoms with E-state index >= 15 is 0 Å².